The van der Waals surface area contributed by atoms with Crippen LogP contribution in [0, 0.1) is 33.8 Å². The van der Waals surface area contributed by atoms with E-state index in [9.17, 15) is 19.7 Å². The number of non-ortho nitro benzene ring substituents is 1. The molecule has 22 heavy (non-hydrogen) atoms. The van der Waals surface area contributed by atoms with Crippen LogP contribution in [0.2, 0.25) is 0 Å². The number of allylic oxidation sites excluding steroid dienone is 2. The largest absolute Gasteiger partial charge is 0.274 e. The number of rotatable bonds is 2. The average Bonchev–Trinajstić information content (AvgIpc) is 3.10. The zero-order valence-electron chi connectivity index (χ0n) is 11.9. The minimum atomic E-state index is -0.523. The molecule has 2 bridgehead atoms. The fraction of sp³-hybridized carbons (Fsp3) is 0.375. The van der Waals surface area contributed by atoms with Gasteiger partial charge in [0.1, 0.15) is 0 Å². The van der Waals surface area contributed by atoms with Gasteiger partial charge in [0, 0.05) is 12.1 Å². The molecule has 1 heterocycles. The predicted molar refractivity (Wildman–Crippen MR) is 77.9 cm³/mol. The van der Waals surface area contributed by atoms with E-state index in [4.69, 9.17) is 0 Å². The molecule has 1 saturated carbocycles. The van der Waals surface area contributed by atoms with Crippen molar-refractivity contribution in [2.75, 3.05) is 4.90 Å². The summed E-state index contributed by atoms with van der Waals surface area (Å²) in [7, 11) is 0. The number of hydrogen-bond acceptors (Lipinski definition) is 4. The van der Waals surface area contributed by atoms with Crippen molar-refractivity contribution in [2.24, 2.45) is 23.7 Å². The van der Waals surface area contributed by atoms with E-state index >= 15 is 0 Å². The average molecular weight is 298 g/mol. The number of imide groups is 1. The summed E-state index contributed by atoms with van der Waals surface area (Å²) in [4.78, 5) is 36.9. The molecule has 2 aliphatic carbocycles. The Morgan fingerprint density at radius 3 is 2.68 bits per heavy atom. The molecule has 2 fully saturated rings. The highest BCUT2D eigenvalue weighted by Crippen LogP contribution is 2.55. The number of carbonyl (C=O) groups excluding carboxylic acids is 2. The first-order valence-corrected chi connectivity index (χ1v) is 7.29. The van der Waals surface area contributed by atoms with Crippen LogP contribution < -0.4 is 4.90 Å². The van der Waals surface area contributed by atoms with Gasteiger partial charge in [-0.15, -0.1) is 0 Å². The lowest BCUT2D eigenvalue weighted by Gasteiger charge is -2.19. The zero-order valence-corrected chi connectivity index (χ0v) is 11.9. The van der Waals surface area contributed by atoms with E-state index in [1.807, 2.05) is 6.92 Å². The van der Waals surface area contributed by atoms with Crippen LogP contribution in [-0.4, -0.2) is 16.7 Å². The molecule has 0 spiro atoms. The Morgan fingerprint density at radius 1 is 1.23 bits per heavy atom. The fourth-order valence-corrected chi connectivity index (χ4v) is 4.27. The number of amides is 2. The molecule has 0 N–H and O–H groups in total. The van der Waals surface area contributed by atoms with Gasteiger partial charge >= 0.3 is 0 Å². The quantitative estimate of drug-likeness (QED) is 0.363. The van der Waals surface area contributed by atoms with Gasteiger partial charge in [-0.25, -0.2) is 4.90 Å². The molecule has 3 aliphatic rings. The molecular weight excluding hydrogens is 284 g/mol. The molecule has 4 atom stereocenters. The first kappa shape index (κ1) is 13.2. The summed E-state index contributed by atoms with van der Waals surface area (Å²) in [5, 5.41) is 10.9. The molecule has 0 unspecified atom stereocenters. The van der Waals surface area contributed by atoms with Gasteiger partial charge in [-0.1, -0.05) is 17.7 Å². The van der Waals surface area contributed by atoms with Crippen LogP contribution in [0.3, 0.4) is 0 Å². The summed E-state index contributed by atoms with van der Waals surface area (Å²) in [5.74, 6) is -0.727. The Bertz CT molecular complexity index is 754. The standard InChI is InChI=1S/C16H14N2O4/c1-8-5-9-6-12(8)14-13(9)15(19)17(16(14)20)10-3-2-4-11(7-10)18(21)22/h2-5,7,9,12-14H,6H2,1H3/t9-,12+,13-,14+/m0/s1. The fourth-order valence-electron chi connectivity index (χ4n) is 4.27. The number of benzene rings is 1. The van der Waals surface area contributed by atoms with Crippen LogP contribution in [0.4, 0.5) is 11.4 Å². The normalized spacial score (nSPS) is 32.4. The lowest BCUT2D eigenvalue weighted by atomic mass is 9.82. The Morgan fingerprint density at radius 2 is 1.95 bits per heavy atom. The first-order chi connectivity index (χ1) is 10.5. The molecule has 6 nitrogen and oxygen atoms in total. The first-order valence-electron chi connectivity index (χ1n) is 7.29. The summed E-state index contributed by atoms with van der Waals surface area (Å²) in [6.45, 7) is 2.01. The van der Waals surface area contributed by atoms with Crippen molar-refractivity contribution in [2.45, 2.75) is 13.3 Å². The van der Waals surface area contributed by atoms with Crippen molar-refractivity contribution in [3.63, 3.8) is 0 Å². The van der Waals surface area contributed by atoms with Crippen LogP contribution in [0.25, 0.3) is 0 Å². The number of fused-ring (bicyclic) bond motifs is 5. The third-order valence-electron chi connectivity index (χ3n) is 5.18. The van der Waals surface area contributed by atoms with E-state index < -0.39 is 4.92 Å². The van der Waals surface area contributed by atoms with Crippen LogP contribution >= 0.6 is 0 Å². The number of nitro groups is 1. The Kier molecular flexibility index (Phi) is 2.55. The SMILES string of the molecule is CC1=C[C@H]2C[C@H]1[C@H]1C(=O)N(c3cccc([N+](=O)[O-])c3)C(=O)[C@H]12. The lowest BCUT2D eigenvalue weighted by molar-refractivity contribution is -0.384. The van der Waals surface area contributed by atoms with Gasteiger partial charge in [-0.3, -0.25) is 19.7 Å². The van der Waals surface area contributed by atoms with Gasteiger partial charge in [0.05, 0.1) is 22.4 Å². The van der Waals surface area contributed by atoms with Crippen LogP contribution in [0.5, 0.6) is 0 Å². The van der Waals surface area contributed by atoms with E-state index in [1.54, 1.807) is 6.07 Å². The summed E-state index contributed by atoms with van der Waals surface area (Å²) in [5.41, 5.74) is 1.37. The van der Waals surface area contributed by atoms with E-state index in [1.165, 1.54) is 23.8 Å². The maximum atomic E-state index is 12.7. The topological polar surface area (TPSA) is 80.5 Å². The third kappa shape index (κ3) is 1.55. The van der Waals surface area contributed by atoms with Crippen molar-refractivity contribution < 1.29 is 14.5 Å². The van der Waals surface area contributed by atoms with Gasteiger partial charge in [-0.05, 0) is 31.2 Å². The minimum absolute atomic E-state index is 0.118. The molecule has 112 valence electrons. The van der Waals surface area contributed by atoms with Gasteiger partial charge in [0.25, 0.3) is 5.69 Å². The number of nitro benzene ring substituents is 1. The van der Waals surface area contributed by atoms with Crippen LogP contribution in [0.1, 0.15) is 13.3 Å². The molecule has 6 heteroatoms. The Balaban J connectivity index is 1.74. The number of nitrogens with zero attached hydrogens (tertiary/aromatic N) is 2. The highest BCUT2D eigenvalue weighted by atomic mass is 16.6. The van der Waals surface area contributed by atoms with Gasteiger partial charge in [0.15, 0.2) is 0 Å². The summed E-state index contributed by atoms with van der Waals surface area (Å²) < 4.78 is 0. The lowest BCUT2D eigenvalue weighted by Crippen LogP contribution is -2.32. The molecule has 0 aromatic heterocycles. The second-order valence-electron chi connectivity index (χ2n) is 6.26. The van der Waals surface area contributed by atoms with Crippen molar-refractivity contribution in [3.05, 3.63) is 46.0 Å². The Labute approximate surface area is 126 Å². The van der Waals surface area contributed by atoms with Gasteiger partial charge < -0.3 is 0 Å². The van der Waals surface area contributed by atoms with Gasteiger partial charge in [-0.2, -0.15) is 0 Å². The molecule has 1 aliphatic heterocycles. The maximum absolute atomic E-state index is 12.7. The molecule has 1 aromatic carbocycles. The number of anilines is 1. The highest BCUT2D eigenvalue weighted by molar-refractivity contribution is 6.23. The number of carbonyl (C=O) groups is 2. The predicted octanol–water partition coefficient (Wildman–Crippen LogP) is 2.30. The van der Waals surface area contributed by atoms with Gasteiger partial charge in [0.2, 0.25) is 11.8 Å². The summed E-state index contributed by atoms with van der Waals surface area (Å²) in [6.07, 6.45) is 2.98. The number of hydrogen-bond donors (Lipinski definition) is 0. The van der Waals surface area contributed by atoms with Crippen molar-refractivity contribution in [1.82, 2.24) is 0 Å². The molecule has 4 rings (SSSR count). The summed E-state index contributed by atoms with van der Waals surface area (Å²) in [6, 6.07) is 5.72. The minimum Gasteiger partial charge on any atom is -0.274 e. The summed E-state index contributed by atoms with van der Waals surface area (Å²) >= 11 is 0. The van der Waals surface area contributed by atoms with E-state index in [0.29, 0.717) is 5.69 Å². The Hall–Kier alpha value is -2.50. The van der Waals surface area contributed by atoms with Crippen molar-refractivity contribution in [3.8, 4) is 0 Å². The third-order valence-corrected chi connectivity index (χ3v) is 5.18. The molecule has 0 radical (unpaired) electrons. The van der Waals surface area contributed by atoms with E-state index in [-0.39, 0.29) is 41.2 Å². The maximum Gasteiger partial charge on any atom is 0.271 e. The smallest absolute Gasteiger partial charge is 0.271 e. The monoisotopic (exact) mass is 298 g/mol. The second kappa shape index (κ2) is 4.25. The highest BCUT2D eigenvalue weighted by Gasteiger charge is 2.60. The van der Waals surface area contributed by atoms with Crippen molar-refractivity contribution >= 4 is 23.2 Å². The van der Waals surface area contributed by atoms with E-state index in [0.717, 1.165) is 11.3 Å². The molecule has 2 amide bonds. The van der Waals surface area contributed by atoms with Crippen LogP contribution in [-0.2, 0) is 9.59 Å². The molecule has 1 saturated heterocycles. The molecule has 1 aromatic rings. The second-order valence-corrected chi connectivity index (χ2v) is 6.26. The zero-order chi connectivity index (χ0) is 15.6. The van der Waals surface area contributed by atoms with Crippen molar-refractivity contribution in [1.29, 1.82) is 0 Å². The van der Waals surface area contributed by atoms with Crippen LogP contribution in [0.15, 0.2) is 35.9 Å². The molecular formula is C16H14N2O4. The van der Waals surface area contributed by atoms with E-state index in [2.05, 4.69) is 6.08 Å².